The number of nitrogens with zero attached hydrogens (tertiary/aromatic N) is 3. The minimum atomic E-state index is -0.507. The molecule has 4 aliphatic rings. The third-order valence-corrected chi connectivity index (χ3v) is 7.11. The quantitative estimate of drug-likeness (QED) is 0.661. The first-order valence-electron chi connectivity index (χ1n) is 11.3. The predicted molar refractivity (Wildman–Crippen MR) is 108 cm³/mol. The molecule has 1 spiro atoms. The molecule has 162 valence electrons. The molecule has 0 aromatic heterocycles. The first kappa shape index (κ1) is 20.6. The molecule has 0 radical (unpaired) electrons. The molecule has 29 heavy (non-hydrogen) atoms. The molecule has 3 amide bonds. The predicted octanol–water partition coefficient (Wildman–Crippen LogP) is 2.78. The van der Waals surface area contributed by atoms with Crippen LogP contribution in [0.1, 0.15) is 72.1 Å². The van der Waals surface area contributed by atoms with Gasteiger partial charge in [0.1, 0.15) is 5.60 Å². The number of carbonyl (C=O) groups is 3. The zero-order chi connectivity index (χ0) is 20.8. The molecule has 3 aliphatic heterocycles. The Kier molecular flexibility index (Phi) is 5.38. The molecule has 7 nitrogen and oxygen atoms in total. The lowest BCUT2D eigenvalue weighted by molar-refractivity contribution is -0.147. The SMILES string of the molecule is CC(C)(C)OC(=O)N1CCC(N2CCCC3(CC(=O)N(C4CCC4)C3=O)C2)CC1. The van der Waals surface area contributed by atoms with Crippen LogP contribution < -0.4 is 0 Å². The lowest BCUT2D eigenvalue weighted by Crippen LogP contribution is -2.55. The average Bonchev–Trinajstić information content (AvgIpc) is 2.83. The normalized spacial score (nSPS) is 30.2. The van der Waals surface area contributed by atoms with Gasteiger partial charge in [-0.15, -0.1) is 0 Å². The van der Waals surface area contributed by atoms with Gasteiger partial charge in [-0.25, -0.2) is 4.79 Å². The van der Waals surface area contributed by atoms with Crippen molar-refractivity contribution in [3.63, 3.8) is 0 Å². The van der Waals surface area contributed by atoms with Crippen LogP contribution in [-0.4, -0.2) is 76.5 Å². The maximum absolute atomic E-state index is 13.2. The van der Waals surface area contributed by atoms with E-state index in [-0.39, 0.29) is 23.9 Å². The van der Waals surface area contributed by atoms with Crippen molar-refractivity contribution < 1.29 is 19.1 Å². The van der Waals surface area contributed by atoms with Crippen LogP contribution in [-0.2, 0) is 14.3 Å². The monoisotopic (exact) mass is 405 g/mol. The van der Waals surface area contributed by atoms with E-state index in [0.717, 1.165) is 51.5 Å². The summed E-state index contributed by atoms with van der Waals surface area (Å²) in [7, 11) is 0. The second-order valence-electron chi connectivity index (χ2n) is 10.4. The summed E-state index contributed by atoms with van der Waals surface area (Å²) in [5.41, 5.74) is -0.984. The van der Waals surface area contributed by atoms with Gasteiger partial charge in [-0.2, -0.15) is 0 Å². The number of hydrogen-bond donors (Lipinski definition) is 0. The molecule has 3 saturated heterocycles. The van der Waals surface area contributed by atoms with Gasteiger partial charge in [-0.1, -0.05) is 0 Å². The Morgan fingerprint density at radius 1 is 1.00 bits per heavy atom. The summed E-state index contributed by atoms with van der Waals surface area (Å²) < 4.78 is 5.50. The second kappa shape index (κ2) is 7.56. The van der Waals surface area contributed by atoms with Crippen LogP contribution in [0.3, 0.4) is 0 Å². The van der Waals surface area contributed by atoms with E-state index in [1.807, 2.05) is 20.8 Å². The van der Waals surface area contributed by atoms with E-state index >= 15 is 0 Å². The van der Waals surface area contributed by atoms with Crippen molar-refractivity contribution in [2.24, 2.45) is 5.41 Å². The zero-order valence-electron chi connectivity index (χ0n) is 18.1. The van der Waals surface area contributed by atoms with E-state index in [1.54, 1.807) is 9.80 Å². The van der Waals surface area contributed by atoms with E-state index < -0.39 is 11.0 Å². The molecule has 0 bridgehead atoms. The lowest BCUT2D eigenvalue weighted by atomic mass is 9.77. The van der Waals surface area contributed by atoms with Gasteiger partial charge >= 0.3 is 6.09 Å². The van der Waals surface area contributed by atoms with Crippen molar-refractivity contribution in [2.45, 2.75) is 89.8 Å². The molecule has 7 heteroatoms. The van der Waals surface area contributed by atoms with E-state index in [2.05, 4.69) is 4.90 Å². The van der Waals surface area contributed by atoms with Crippen LogP contribution in [0.15, 0.2) is 0 Å². The fraction of sp³-hybridized carbons (Fsp3) is 0.864. The minimum absolute atomic E-state index is 0.0429. The number of amides is 3. The van der Waals surface area contributed by atoms with Crippen LogP contribution in [0.2, 0.25) is 0 Å². The summed E-state index contributed by atoms with van der Waals surface area (Å²) in [5, 5.41) is 0. The number of imide groups is 1. The van der Waals surface area contributed by atoms with Crippen LogP contribution in [0.25, 0.3) is 0 Å². The summed E-state index contributed by atoms with van der Waals surface area (Å²) in [6.07, 6.45) is 6.79. The van der Waals surface area contributed by atoms with Gasteiger partial charge < -0.3 is 9.64 Å². The average molecular weight is 406 g/mol. The Labute approximate surface area is 173 Å². The fourth-order valence-electron chi connectivity index (χ4n) is 5.37. The largest absolute Gasteiger partial charge is 0.444 e. The smallest absolute Gasteiger partial charge is 0.410 e. The third-order valence-electron chi connectivity index (χ3n) is 7.11. The van der Waals surface area contributed by atoms with E-state index in [0.29, 0.717) is 32.1 Å². The van der Waals surface area contributed by atoms with Crippen molar-refractivity contribution in [1.82, 2.24) is 14.7 Å². The Morgan fingerprint density at radius 3 is 2.28 bits per heavy atom. The number of piperidine rings is 2. The minimum Gasteiger partial charge on any atom is -0.444 e. The molecule has 0 N–H and O–H groups in total. The molecule has 0 aromatic rings. The molecular formula is C22H35N3O4. The number of carbonyl (C=O) groups excluding carboxylic acids is 3. The third kappa shape index (κ3) is 4.03. The van der Waals surface area contributed by atoms with Crippen LogP contribution in [0.5, 0.6) is 0 Å². The van der Waals surface area contributed by atoms with Gasteiger partial charge in [0, 0.05) is 38.1 Å². The highest BCUT2D eigenvalue weighted by molar-refractivity contribution is 6.06. The summed E-state index contributed by atoms with van der Waals surface area (Å²) in [4.78, 5) is 44.0. The molecule has 4 fully saturated rings. The lowest BCUT2D eigenvalue weighted by Gasteiger charge is -2.45. The Bertz CT molecular complexity index is 676. The van der Waals surface area contributed by atoms with Crippen molar-refractivity contribution in [3.05, 3.63) is 0 Å². The molecule has 1 saturated carbocycles. The summed E-state index contributed by atoms with van der Waals surface area (Å²) in [5.74, 6) is 0.129. The summed E-state index contributed by atoms with van der Waals surface area (Å²) in [6, 6.07) is 0.522. The van der Waals surface area contributed by atoms with Gasteiger partial charge in [-0.05, 0) is 72.3 Å². The highest BCUT2D eigenvalue weighted by Gasteiger charge is 2.55. The molecule has 0 aromatic carbocycles. The van der Waals surface area contributed by atoms with Gasteiger partial charge in [0.15, 0.2) is 0 Å². The molecule has 3 heterocycles. The summed E-state index contributed by atoms with van der Waals surface area (Å²) in [6.45, 7) is 8.70. The molecule has 1 aliphatic carbocycles. The van der Waals surface area contributed by atoms with Gasteiger partial charge in [0.05, 0.1) is 5.41 Å². The standard InChI is InChI=1S/C22H35N3O4/c1-21(2,3)29-20(28)23-12-8-16(9-13-23)24-11-5-10-22(15-24)14-18(26)25(19(22)27)17-6-4-7-17/h16-17H,4-15H2,1-3H3. The van der Waals surface area contributed by atoms with E-state index in [1.165, 1.54) is 0 Å². The first-order valence-corrected chi connectivity index (χ1v) is 11.3. The Balaban J connectivity index is 1.36. The Hall–Kier alpha value is -1.63. The Morgan fingerprint density at radius 2 is 1.69 bits per heavy atom. The van der Waals surface area contributed by atoms with Crippen LogP contribution >= 0.6 is 0 Å². The van der Waals surface area contributed by atoms with E-state index in [9.17, 15) is 14.4 Å². The molecular weight excluding hydrogens is 370 g/mol. The first-order chi connectivity index (χ1) is 13.7. The second-order valence-corrected chi connectivity index (χ2v) is 10.4. The van der Waals surface area contributed by atoms with Crippen molar-refractivity contribution in [1.29, 1.82) is 0 Å². The van der Waals surface area contributed by atoms with Crippen LogP contribution in [0, 0.1) is 5.41 Å². The van der Waals surface area contributed by atoms with Crippen molar-refractivity contribution >= 4 is 17.9 Å². The molecule has 4 rings (SSSR count). The van der Waals surface area contributed by atoms with Gasteiger partial charge in [-0.3, -0.25) is 19.4 Å². The van der Waals surface area contributed by atoms with Crippen molar-refractivity contribution in [2.75, 3.05) is 26.2 Å². The summed E-state index contributed by atoms with van der Waals surface area (Å²) >= 11 is 0. The van der Waals surface area contributed by atoms with Crippen molar-refractivity contribution in [3.8, 4) is 0 Å². The highest BCUT2D eigenvalue weighted by atomic mass is 16.6. The molecule has 1 atom stereocenters. The number of hydrogen-bond acceptors (Lipinski definition) is 5. The topological polar surface area (TPSA) is 70.2 Å². The fourth-order valence-corrected chi connectivity index (χ4v) is 5.37. The van der Waals surface area contributed by atoms with E-state index in [4.69, 9.17) is 4.74 Å². The molecule has 1 unspecified atom stereocenters. The van der Waals surface area contributed by atoms with Crippen LogP contribution in [0.4, 0.5) is 4.79 Å². The maximum atomic E-state index is 13.2. The van der Waals surface area contributed by atoms with Gasteiger partial charge in [0.2, 0.25) is 11.8 Å². The number of ether oxygens (including phenoxy) is 1. The number of rotatable bonds is 2. The maximum Gasteiger partial charge on any atom is 0.410 e. The zero-order valence-corrected chi connectivity index (χ0v) is 18.1. The highest BCUT2D eigenvalue weighted by Crippen LogP contribution is 2.44. The van der Waals surface area contributed by atoms with Gasteiger partial charge in [0.25, 0.3) is 0 Å². The number of likely N-dealkylation sites (tertiary alicyclic amines) is 3.